The number of ether oxygens (including phenoxy) is 3. The number of carbonyl (C=O) groups excluding carboxylic acids is 3. The van der Waals surface area contributed by atoms with Crippen molar-refractivity contribution in [2.24, 2.45) is 0 Å². The number of nitrogens with one attached hydrogen (secondary N) is 2. The zero-order valence-corrected chi connectivity index (χ0v) is 19.7. The lowest BCUT2D eigenvalue weighted by Crippen LogP contribution is -2.46. The third-order valence-corrected chi connectivity index (χ3v) is 5.12. The van der Waals surface area contributed by atoms with Crippen LogP contribution in [0.4, 0.5) is 9.59 Å². The van der Waals surface area contributed by atoms with Gasteiger partial charge in [-0.05, 0) is 43.0 Å². The maximum Gasteiger partial charge on any atom is 0.408 e. The van der Waals surface area contributed by atoms with Crippen molar-refractivity contribution in [3.8, 4) is 11.1 Å². The highest BCUT2D eigenvalue weighted by Gasteiger charge is 2.29. The second-order valence-electron chi connectivity index (χ2n) is 8.90. The van der Waals surface area contributed by atoms with Crippen LogP contribution < -0.4 is 10.6 Å². The van der Waals surface area contributed by atoms with Gasteiger partial charge in [0.1, 0.15) is 25.4 Å². The molecular formula is C25H28N2O8. The van der Waals surface area contributed by atoms with Crippen LogP contribution in [0.25, 0.3) is 11.1 Å². The first-order valence-corrected chi connectivity index (χ1v) is 11.0. The number of carboxylic acids is 1. The fourth-order valence-corrected chi connectivity index (χ4v) is 3.65. The van der Waals surface area contributed by atoms with E-state index >= 15 is 0 Å². The van der Waals surface area contributed by atoms with Crippen LogP contribution in [0.1, 0.15) is 37.8 Å². The highest BCUT2D eigenvalue weighted by molar-refractivity contribution is 5.82. The molecule has 10 heteroatoms. The largest absolute Gasteiger partial charge is 0.480 e. The van der Waals surface area contributed by atoms with Crippen LogP contribution in [-0.4, -0.2) is 60.6 Å². The van der Waals surface area contributed by atoms with Crippen LogP contribution in [0.3, 0.4) is 0 Å². The number of hydrogen-bond donors (Lipinski definition) is 3. The van der Waals surface area contributed by atoms with Crippen molar-refractivity contribution in [1.82, 2.24) is 10.6 Å². The first-order valence-electron chi connectivity index (χ1n) is 11.0. The molecule has 0 saturated heterocycles. The number of carbonyl (C=O) groups is 4. The number of esters is 1. The van der Waals surface area contributed by atoms with E-state index in [1.807, 2.05) is 48.5 Å². The molecule has 2 aromatic carbocycles. The molecule has 0 spiro atoms. The van der Waals surface area contributed by atoms with Gasteiger partial charge >= 0.3 is 24.1 Å². The van der Waals surface area contributed by atoms with E-state index in [0.29, 0.717) is 0 Å². The summed E-state index contributed by atoms with van der Waals surface area (Å²) in [6.45, 7) is 3.77. The summed E-state index contributed by atoms with van der Waals surface area (Å²) >= 11 is 0. The molecule has 186 valence electrons. The second-order valence-corrected chi connectivity index (χ2v) is 8.90. The van der Waals surface area contributed by atoms with Gasteiger partial charge in [0.15, 0.2) is 6.04 Å². The van der Waals surface area contributed by atoms with Crippen molar-refractivity contribution in [1.29, 1.82) is 0 Å². The van der Waals surface area contributed by atoms with Crippen LogP contribution >= 0.6 is 0 Å². The molecule has 0 radical (unpaired) electrons. The molecule has 1 aliphatic carbocycles. The number of fused-ring (bicyclic) bond motifs is 3. The van der Waals surface area contributed by atoms with Gasteiger partial charge in [0.25, 0.3) is 0 Å². The summed E-state index contributed by atoms with van der Waals surface area (Å²) in [5.74, 6) is -2.43. The Labute approximate surface area is 202 Å². The van der Waals surface area contributed by atoms with Gasteiger partial charge in [-0.1, -0.05) is 48.5 Å². The predicted molar refractivity (Wildman–Crippen MR) is 125 cm³/mol. The van der Waals surface area contributed by atoms with E-state index < -0.39 is 48.9 Å². The van der Waals surface area contributed by atoms with Gasteiger partial charge in [0, 0.05) is 5.92 Å². The molecule has 2 aromatic rings. The number of amides is 2. The summed E-state index contributed by atoms with van der Waals surface area (Å²) < 4.78 is 15.2. The van der Waals surface area contributed by atoms with E-state index in [2.05, 4.69) is 10.6 Å². The van der Waals surface area contributed by atoms with Crippen molar-refractivity contribution in [2.45, 2.75) is 38.3 Å². The van der Waals surface area contributed by atoms with Crippen molar-refractivity contribution >= 4 is 24.1 Å². The molecule has 10 nitrogen and oxygen atoms in total. The Bertz CT molecular complexity index is 1060. The Morgan fingerprint density at radius 3 is 2.03 bits per heavy atom. The molecule has 2 amide bonds. The van der Waals surface area contributed by atoms with Crippen LogP contribution in [0.15, 0.2) is 48.5 Å². The summed E-state index contributed by atoms with van der Waals surface area (Å²) in [6.07, 6.45) is -1.77. The minimum Gasteiger partial charge on any atom is -0.480 e. The molecule has 1 aliphatic rings. The molecule has 0 heterocycles. The van der Waals surface area contributed by atoms with Gasteiger partial charge in [-0.25, -0.2) is 14.4 Å². The SMILES string of the molecule is CC(C)(C)OC(=O)N[C@@H](COC(=O)CNC(=O)OCC1c2ccccc2-c2ccccc21)C(=O)O. The van der Waals surface area contributed by atoms with Crippen LogP contribution in [0.5, 0.6) is 0 Å². The van der Waals surface area contributed by atoms with Gasteiger partial charge in [-0.15, -0.1) is 0 Å². The number of aliphatic carboxylic acids is 1. The molecule has 1 atom stereocenters. The number of carboxylic acid groups (broad SMARTS) is 1. The van der Waals surface area contributed by atoms with E-state index in [1.165, 1.54) is 0 Å². The normalized spacial score (nSPS) is 13.1. The summed E-state index contributed by atoms with van der Waals surface area (Å²) in [7, 11) is 0. The molecule has 35 heavy (non-hydrogen) atoms. The minimum absolute atomic E-state index is 0.0792. The smallest absolute Gasteiger partial charge is 0.408 e. The molecule has 0 bridgehead atoms. The van der Waals surface area contributed by atoms with E-state index in [-0.39, 0.29) is 12.5 Å². The zero-order valence-electron chi connectivity index (χ0n) is 19.7. The molecule has 3 rings (SSSR count). The fourth-order valence-electron chi connectivity index (χ4n) is 3.65. The average molecular weight is 485 g/mol. The lowest BCUT2D eigenvalue weighted by atomic mass is 9.98. The summed E-state index contributed by atoms with van der Waals surface area (Å²) in [5, 5.41) is 13.6. The Morgan fingerprint density at radius 2 is 1.49 bits per heavy atom. The summed E-state index contributed by atoms with van der Waals surface area (Å²) in [4.78, 5) is 47.2. The zero-order chi connectivity index (χ0) is 25.6. The molecule has 0 aliphatic heterocycles. The topological polar surface area (TPSA) is 140 Å². The molecule has 0 saturated carbocycles. The standard InChI is InChI=1S/C25H28N2O8/c1-25(2,3)35-24(32)27-20(22(29)30)14-33-21(28)12-26-23(31)34-13-19-17-10-6-4-8-15(17)16-9-5-7-11-18(16)19/h4-11,19-20H,12-14H2,1-3H3,(H,26,31)(H,27,32)(H,29,30)/t20-/m0/s1. The highest BCUT2D eigenvalue weighted by Crippen LogP contribution is 2.44. The number of alkyl carbamates (subject to hydrolysis) is 2. The third-order valence-electron chi connectivity index (χ3n) is 5.12. The average Bonchev–Trinajstić information content (AvgIpc) is 3.11. The van der Waals surface area contributed by atoms with Gasteiger partial charge < -0.3 is 30.0 Å². The Hall–Kier alpha value is -4.08. The Balaban J connectivity index is 1.45. The second kappa shape index (κ2) is 10.9. The maximum absolute atomic E-state index is 12.1. The van der Waals surface area contributed by atoms with Crippen LogP contribution in [-0.2, 0) is 23.8 Å². The number of benzene rings is 2. The first kappa shape index (κ1) is 25.5. The highest BCUT2D eigenvalue weighted by atomic mass is 16.6. The van der Waals surface area contributed by atoms with E-state index in [1.54, 1.807) is 20.8 Å². The van der Waals surface area contributed by atoms with Gasteiger partial charge in [0.05, 0.1) is 0 Å². The first-order chi connectivity index (χ1) is 16.5. The predicted octanol–water partition coefficient (Wildman–Crippen LogP) is 3.05. The fraction of sp³-hybridized carbons (Fsp3) is 0.360. The van der Waals surface area contributed by atoms with Crippen molar-refractivity contribution in [3.63, 3.8) is 0 Å². The van der Waals surface area contributed by atoms with Crippen LogP contribution in [0.2, 0.25) is 0 Å². The monoisotopic (exact) mass is 484 g/mol. The lowest BCUT2D eigenvalue weighted by Gasteiger charge is -2.21. The van der Waals surface area contributed by atoms with E-state index in [0.717, 1.165) is 22.3 Å². The van der Waals surface area contributed by atoms with Gasteiger partial charge in [0.2, 0.25) is 0 Å². The lowest BCUT2D eigenvalue weighted by molar-refractivity contribution is -0.148. The van der Waals surface area contributed by atoms with Gasteiger partial charge in [-0.3, -0.25) is 4.79 Å². The Kier molecular flexibility index (Phi) is 7.95. The van der Waals surface area contributed by atoms with Crippen molar-refractivity contribution in [3.05, 3.63) is 59.7 Å². The molecule has 0 unspecified atom stereocenters. The Morgan fingerprint density at radius 1 is 0.914 bits per heavy atom. The molecule has 0 fully saturated rings. The molecule has 0 aromatic heterocycles. The summed E-state index contributed by atoms with van der Waals surface area (Å²) in [6, 6.07) is 14.3. The number of rotatable bonds is 8. The van der Waals surface area contributed by atoms with E-state index in [9.17, 15) is 24.3 Å². The summed E-state index contributed by atoms with van der Waals surface area (Å²) in [5.41, 5.74) is 3.47. The molecular weight excluding hydrogens is 456 g/mol. The third kappa shape index (κ3) is 6.95. The van der Waals surface area contributed by atoms with Crippen molar-refractivity contribution in [2.75, 3.05) is 19.8 Å². The maximum atomic E-state index is 12.1. The number of hydrogen-bond acceptors (Lipinski definition) is 7. The van der Waals surface area contributed by atoms with Crippen LogP contribution in [0, 0.1) is 0 Å². The van der Waals surface area contributed by atoms with Gasteiger partial charge in [-0.2, -0.15) is 0 Å². The quantitative estimate of drug-likeness (QED) is 0.384. The molecule has 3 N–H and O–H groups in total. The van der Waals surface area contributed by atoms with E-state index in [4.69, 9.17) is 14.2 Å². The minimum atomic E-state index is -1.51. The van der Waals surface area contributed by atoms with Crippen molar-refractivity contribution < 1.29 is 38.5 Å².